The molecule has 230 valence electrons. The van der Waals surface area contributed by atoms with Crippen LogP contribution in [0.1, 0.15) is 54.2 Å². The Balaban J connectivity index is 0.00000301. The number of methoxy groups -OCH3 is 2. The summed E-state index contributed by atoms with van der Waals surface area (Å²) < 4.78 is 10.6. The van der Waals surface area contributed by atoms with Crippen molar-refractivity contribution in [3.05, 3.63) is 70.5 Å². The van der Waals surface area contributed by atoms with Gasteiger partial charge < -0.3 is 31.2 Å². The van der Waals surface area contributed by atoms with Gasteiger partial charge in [0.15, 0.2) is 22.5 Å². The van der Waals surface area contributed by atoms with E-state index >= 15 is 0 Å². The highest BCUT2D eigenvalue weighted by atomic mass is 35.5. The molecule has 42 heavy (non-hydrogen) atoms. The molecule has 2 aromatic carbocycles. The molecule has 0 aliphatic rings. The Morgan fingerprint density at radius 2 is 1.38 bits per heavy atom. The molecule has 3 rings (SSSR count). The van der Waals surface area contributed by atoms with E-state index in [9.17, 15) is 4.79 Å². The average Bonchev–Trinajstić information content (AvgIpc) is 3.00. The number of alkyl halides is 1. The number of anilines is 2. The van der Waals surface area contributed by atoms with E-state index in [2.05, 4.69) is 65.1 Å². The normalized spacial score (nSPS) is 12.2. The van der Waals surface area contributed by atoms with Crippen LogP contribution >= 0.6 is 23.2 Å². The summed E-state index contributed by atoms with van der Waals surface area (Å²) in [5.74, 6) is 1.28. The molecule has 0 spiro atoms. The summed E-state index contributed by atoms with van der Waals surface area (Å²) in [5, 5.41) is 3.08. The predicted octanol–water partition coefficient (Wildman–Crippen LogP) is 4.21. The van der Waals surface area contributed by atoms with E-state index in [1.54, 1.807) is 14.2 Å². The molecule has 1 aromatic heterocycles. The van der Waals surface area contributed by atoms with Crippen molar-refractivity contribution >= 4 is 40.7 Å². The first-order chi connectivity index (χ1) is 20.2. The number of aromatic nitrogens is 2. The smallest absolute Gasteiger partial charge is 0.274 e. The largest absolute Gasteiger partial charge is 0.497 e. The van der Waals surface area contributed by atoms with Crippen molar-refractivity contribution in [1.82, 2.24) is 15.3 Å². The van der Waals surface area contributed by atoms with Gasteiger partial charge >= 0.3 is 0 Å². The quantitative estimate of drug-likeness (QED) is 0.187. The third-order valence-electron chi connectivity index (χ3n) is 7.24. The fraction of sp³-hybridized carbons (Fsp3) is 0.452. The van der Waals surface area contributed by atoms with Crippen molar-refractivity contribution in [2.45, 2.75) is 57.5 Å². The Kier molecular flexibility index (Phi) is 15.2. The number of nitrogen functional groups attached to an aromatic ring is 2. The van der Waals surface area contributed by atoms with Crippen LogP contribution in [-0.2, 0) is 12.8 Å². The topological polar surface area (TPSA) is 130 Å². The van der Waals surface area contributed by atoms with Gasteiger partial charge in [0.2, 0.25) is 0 Å². The molecule has 1 heterocycles. The second-order valence-corrected chi connectivity index (χ2v) is 10.5. The number of halogens is 2. The van der Waals surface area contributed by atoms with Gasteiger partial charge in [-0.1, -0.05) is 49.2 Å². The number of amides is 1. The maximum atomic E-state index is 13.1. The Hall–Kier alpha value is -3.27. The number of nitrogens with one attached hydrogen (secondary N) is 2. The fourth-order valence-corrected chi connectivity index (χ4v) is 5.02. The maximum absolute atomic E-state index is 13.1. The van der Waals surface area contributed by atoms with Crippen LogP contribution in [0.15, 0.2) is 48.5 Å². The van der Waals surface area contributed by atoms with E-state index in [4.69, 9.17) is 32.5 Å². The molecule has 6 N–H and O–H groups in total. The molecular formula is C31H45Cl2N6O3+. The lowest BCUT2D eigenvalue weighted by Crippen LogP contribution is -3.14. The minimum absolute atomic E-state index is 0.00145. The minimum Gasteiger partial charge on any atom is -0.497 e. The molecule has 0 saturated carbocycles. The third kappa shape index (κ3) is 10.9. The number of benzene rings is 2. The number of aryl methyl sites for hydroxylation is 2. The van der Waals surface area contributed by atoms with Gasteiger partial charge in [-0.2, -0.15) is 0 Å². The molecule has 2 atom stereocenters. The van der Waals surface area contributed by atoms with Gasteiger partial charge in [-0.15, -0.1) is 11.6 Å². The predicted molar refractivity (Wildman–Crippen MR) is 172 cm³/mol. The average molecular weight is 621 g/mol. The summed E-state index contributed by atoms with van der Waals surface area (Å²) in [4.78, 5) is 22.4. The van der Waals surface area contributed by atoms with Gasteiger partial charge in [0, 0.05) is 19.2 Å². The van der Waals surface area contributed by atoms with Crippen LogP contribution in [0, 0.1) is 0 Å². The fourth-order valence-electron chi connectivity index (χ4n) is 4.89. The molecule has 0 aliphatic heterocycles. The first kappa shape index (κ1) is 34.9. The number of quaternary nitrogens is 1. The monoisotopic (exact) mass is 619 g/mol. The van der Waals surface area contributed by atoms with Crippen LogP contribution in [0.5, 0.6) is 11.5 Å². The highest BCUT2D eigenvalue weighted by molar-refractivity contribution is 6.31. The second kappa shape index (κ2) is 18.3. The molecule has 0 saturated heterocycles. The van der Waals surface area contributed by atoms with Crippen molar-refractivity contribution in [1.29, 1.82) is 0 Å². The van der Waals surface area contributed by atoms with Gasteiger partial charge in [0.25, 0.3) is 5.91 Å². The lowest BCUT2D eigenvalue weighted by molar-refractivity contribution is -0.907. The Labute approximate surface area is 259 Å². The zero-order chi connectivity index (χ0) is 31.1. The van der Waals surface area contributed by atoms with E-state index in [1.165, 1.54) is 22.4 Å². The molecule has 9 nitrogen and oxygen atoms in total. The lowest BCUT2D eigenvalue weighted by Gasteiger charge is -2.29. The number of hydrogen-bond acceptors (Lipinski definition) is 7. The van der Waals surface area contributed by atoms with E-state index in [-0.39, 0.29) is 28.5 Å². The summed E-state index contributed by atoms with van der Waals surface area (Å²) in [5.41, 5.74) is 14.1. The van der Waals surface area contributed by atoms with Gasteiger partial charge in [-0.3, -0.25) is 4.79 Å². The number of carbonyl (C=O) groups excluding carboxylic acids is 1. The van der Waals surface area contributed by atoms with Crippen LogP contribution in [0.3, 0.4) is 0 Å². The molecule has 0 radical (unpaired) electrons. The van der Waals surface area contributed by atoms with Crippen LogP contribution < -0.4 is 31.2 Å². The van der Waals surface area contributed by atoms with E-state index in [1.807, 2.05) is 24.3 Å². The number of rotatable bonds is 15. The zero-order valence-electron chi connectivity index (χ0n) is 25.3. The highest BCUT2D eigenvalue weighted by Crippen LogP contribution is 2.18. The summed E-state index contributed by atoms with van der Waals surface area (Å²) in [6.45, 7) is 2.86. The van der Waals surface area contributed by atoms with Crippen LogP contribution in [-0.4, -0.2) is 62.2 Å². The number of carbonyl (C=O) groups is 1. The number of ether oxygens (including phenoxy) is 2. The Morgan fingerprint density at radius 1 is 0.881 bits per heavy atom. The van der Waals surface area contributed by atoms with Crippen LogP contribution in [0.25, 0.3) is 0 Å². The second-order valence-electron chi connectivity index (χ2n) is 10.1. The SMILES string of the molecule is CCCC(C[NH+](C)C(CCc1ccc(OC)cc1)CCc1ccc(OC)cc1)NC(=O)c1nc(Cl)c(N)nc1N.CCl. The van der Waals surface area contributed by atoms with E-state index in [0.717, 1.165) is 56.6 Å². The number of nitrogens with zero attached hydrogens (tertiary/aromatic N) is 2. The molecule has 0 aliphatic carbocycles. The molecule has 0 bridgehead atoms. The van der Waals surface area contributed by atoms with Crippen molar-refractivity contribution in [3.63, 3.8) is 0 Å². The number of likely N-dealkylation sites (N-methyl/N-ethyl adjacent to an activating group) is 1. The lowest BCUT2D eigenvalue weighted by atomic mass is 9.97. The molecule has 3 aromatic rings. The van der Waals surface area contributed by atoms with Crippen molar-refractivity contribution in [2.24, 2.45) is 0 Å². The van der Waals surface area contributed by atoms with Crippen molar-refractivity contribution < 1.29 is 19.2 Å². The summed E-state index contributed by atoms with van der Waals surface area (Å²) in [6.07, 6.45) is 7.14. The maximum Gasteiger partial charge on any atom is 0.274 e. The van der Waals surface area contributed by atoms with Crippen LogP contribution in [0.2, 0.25) is 5.15 Å². The number of hydrogen-bond donors (Lipinski definition) is 4. The third-order valence-corrected chi connectivity index (χ3v) is 7.52. The van der Waals surface area contributed by atoms with Gasteiger partial charge in [-0.25, -0.2) is 9.97 Å². The van der Waals surface area contributed by atoms with Gasteiger partial charge in [0.05, 0.1) is 39.9 Å². The van der Waals surface area contributed by atoms with E-state index in [0.29, 0.717) is 6.04 Å². The first-order valence-electron chi connectivity index (χ1n) is 14.1. The molecular weight excluding hydrogens is 575 g/mol. The van der Waals surface area contributed by atoms with E-state index < -0.39 is 5.91 Å². The van der Waals surface area contributed by atoms with Gasteiger partial charge in [-0.05, 0) is 54.7 Å². The van der Waals surface area contributed by atoms with Gasteiger partial charge in [0.1, 0.15) is 11.5 Å². The Bertz CT molecular complexity index is 1180. The molecule has 11 heteroatoms. The highest BCUT2D eigenvalue weighted by Gasteiger charge is 2.25. The first-order valence-corrected chi connectivity index (χ1v) is 15.2. The zero-order valence-corrected chi connectivity index (χ0v) is 26.8. The standard InChI is InChI=1S/C30H41ClN6O3.CH3Cl/c1-5-6-22(34-30(38)26-28(32)36-29(33)27(31)35-26)19-37(2)23(13-7-20-9-15-24(39-3)16-10-20)14-8-21-11-17-25(40-4)18-12-21;1-2/h9-12,15-18,22-23H,5-8,13-14,19H2,1-4H3,(H,34,38)(H4,32,33,36);1H3/p+1. The molecule has 0 fully saturated rings. The minimum atomic E-state index is -0.397. The summed E-state index contributed by atoms with van der Waals surface area (Å²) in [7, 11) is 5.56. The molecule has 2 unspecified atom stereocenters. The summed E-state index contributed by atoms with van der Waals surface area (Å²) in [6, 6.07) is 16.8. The van der Waals surface area contributed by atoms with Crippen molar-refractivity contribution in [2.75, 3.05) is 45.7 Å². The van der Waals surface area contributed by atoms with Crippen LogP contribution in [0.4, 0.5) is 11.6 Å². The molecule has 1 amide bonds. The Morgan fingerprint density at radius 3 is 1.83 bits per heavy atom. The summed E-state index contributed by atoms with van der Waals surface area (Å²) >= 11 is 10.6. The number of nitrogens with two attached hydrogens (primary N) is 2. The van der Waals surface area contributed by atoms with Crippen molar-refractivity contribution in [3.8, 4) is 11.5 Å².